The number of ether oxygens (including phenoxy) is 5. The monoisotopic (exact) mass is 507 g/mol. The van der Waals surface area contributed by atoms with Gasteiger partial charge in [0.1, 0.15) is 16.6 Å². The lowest BCUT2D eigenvalue weighted by Crippen LogP contribution is -2.46. The Kier molecular flexibility index (Phi) is 7.76. The van der Waals surface area contributed by atoms with E-state index in [2.05, 4.69) is 0 Å². The zero-order valence-corrected chi connectivity index (χ0v) is 19.0. The number of rotatable bonds is 8. The third-order valence-corrected chi connectivity index (χ3v) is 5.87. The van der Waals surface area contributed by atoms with E-state index in [0.29, 0.717) is 22.8 Å². The van der Waals surface area contributed by atoms with Crippen LogP contribution in [-0.4, -0.2) is 61.9 Å². The lowest BCUT2D eigenvalue weighted by Gasteiger charge is -2.28. The van der Waals surface area contributed by atoms with Crippen molar-refractivity contribution < 1.29 is 33.3 Å². The maximum atomic E-state index is 13.1. The second-order valence-corrected chi connectivity index (χ2v) is 7.96. The van der Waals surface area contributed by atoms with Crippen LogP contribution >= 0.6 is 22.6 Å². The van der Waals surface area contributed by atoms with Crippen molar-refractivity contribution in [2.45, 2.75) is 29.9 Å². The van der Waals surface area contributed by atoms with Gasteiger partial charge in [0.2, 0.25) is 11.7 Å². The van der Waals surface area contributed by atoms with Gasteiger partial charge in [-0.15, -0.1) is 0 Å². The molecule has 156 valence electrons. The third kappa shape index (κ3) is 4.29. The van der Waals surface area contributed by atoms with E-state index in [1.54, 1.807) is 12.1 Å². The summed E-state index contributed by atoms with van der Waals surface area (Å²) in [6.45, 7) is 4.09. The summed E-state index contributed by atoms with van der Waals surface area (Å²) in [7, 11) is 6.06. The van der Waals surface area contributed by atoms with E-state index < -0.39 is 16.1 Å². The van der Waals surface area contributed by atoms with Crippen LogP contribution in [0.3, 0.4) is 0 Å². The predicted molar refractivity (Wildman–Crippen MR) is 110 cm³/mol. The van der Waals surface area contributed by atoms with E-state index in [4.69, 9.17) is 23.7 Å². The molecule has 1 aliphatic heterocycles. The van der Waals surface area contributed by atoms with Gasteiger partial charge in [0, 0.05) is 7.11 Å². The van der Waals surface area contributed by atoms with Crippen LogP contribution in [0.1, 0.15) is 25.5 Å². The Morgan fingerprint density at radius 3 is 2.14 bits per heavy atom. The van der Waals surface area contributed by atoms with E-state index in [1.165, 1.54) is 33.3 Å². The van der Waals surface area contributed by atoms with Gasteiger partial charge in [-0.3, -0.25) is 4.79 Å². The van der Waals surface area contributed by atoms with Gasteiger partial charge in [-0.25, -0.2) is 9.69 Å². The molecule has 9 heteroatoms. The third-order valence-electron chi connectivity index (χ3n) is 4.68. The number of nitrogens with zero attached hydrogens (tertiary/aromatic N) is 1. The Labute approximate surface area is 178 Å². The van der Waals surface area contributed by atoms with Crippen molar-refractivity contribution in [2.75, 3.05) is 35.0 Å². The number of halogens is 1. The lowest BCUT2D eigenvalue weighted by atomic mass is 10.0. The smallest absolute Gasteiger partial charge is 0.417 e. The molecule has 1 fully saturated rings. The Balaban J connectivity index is 2.39. The van der Waals surface area contributed by atoms with Crippen molar-refractivity contribution in [1.82, 2.24) is 4.90 Å². The van der Waals surface area contributed by atoms with Gasteiger partial charge < -0.3 is 23.7 Å². The molecule has 0 aliphatic carbocycles. The summed E-state index contributed by atoms with van der Waals surface area (Å²) < 4.78 is 26.2. The molecule has 1 aromatic rings. The van der Waals surface area contributed by atoms with Gasteiger partial charge in [-0.1, -0.05) is 36.4 Å². The van der Waals surface area contributed by atoms with Gasteiger partial charge in [-0.05, 0) is 23.6 Å². The van der Waals surface area contributed by atoms with Crippen LogP contribution in [0.5, 0.6) is 17.2 Å². The number of imide groups is 1. The standard InChI is InChI=1S/C19H26INO7/c1-10(2)12-9-28-19(23)21(12)18(22)15(20)16(26-5)11-7-13(24-3)17(27-6)14(8-11)25-4/h7-8,10,12,15-16H,9H2,1-6H3/t12-,15-,16-/m1/s1. The van der Waals surface area contributed by atoms with Crippen LogP contribution in [0.2, 0.25) is 0 Å². The molecule has 1 aromatic carbocycles. The highest BCUT2D eigenvalue weighted by Gasteiger charge is 2.44. The second kappa shape index (κ2) is 9.64. The molecule has 0 spiro atoms. The molecular weight excluding hydrogens is 481 g/mol. The molecule has 28 heavy (non-hydrogen) atoms. The minimum absolute atomic E-state index is 0.0844. The van der Waals surface area contributed by atoms with Gasteiger partial charge in [0.25, 0.3) is 0 Å². The number of carbonyl (C=O) groups excluding carboxylic acids is 2. The zero-order valence-electron chi connectivity index (χ0n) is 16.9. The van der Waals surface area contributed by atoms with Gasteiger partial charge in [-0.2, -0.15) is 0 Å². The molecule has 0 radical (unpaired) electrons. The molecule has 1 heterocycles. The maximum Gasteiger partial charge on any atom is 0.417 e. The topological polar surface area (TPSA) is 83.5 Å². The first-order valence-electron chi connectivity index (χ1n) is 8.77. The van der Waals surface area contributed by atoms with E-state index in [9.17, 15) is 9.59 Å². The van der Waals surface area contributed by atoms with E-state index in [1.807, 2.05) is 36.4 Å². The number of carbonyl (C=O) groups is 2. The average molecular weight is 507 g/mol. The quantitative estimate of drug-likeness (QED) is 0.395. The SMILES string of the molecule is COc1cc([C@@H](OC)[C@@H](I)C(=O)N2C(=O)OC[C@@H]2C(C)C)cc(OC)c1OC. The molecule has 0 aromatic heterocycles. The van der Waals surface area contributed by atoms with Crippen molar-refractivity contribution >= 4 is 34.6 Å². The van der Waals surface area contributed by atoms with E-state index in [0.717, 1.165) is 0 Å². The van der Waals surface area contributed by atoms with Crippen LogP contribution in [-0.2, 0) is 14.3 Å². The number of hydrogen-bond donors (Lipinski definition) is 0. The minimum atomic E-state index is -0.669. The predicted octanol–water partition coefficient (Wildman–Crippen LogP) is 3.21. The van der Waals surface area contributed by atoms with Crippen molar-refractivity contribution in [3.63, 3.8) is 0 Å². The maximum absolute atomic E-state index is 13.1. The Morgan fingerprint density at radius 1 is 1.14 bits per heavy atom. The summed E-state index contributed by atoms with van der Waals surface area (Å²) in [6, 6.07) is 3.17. The highest BCUT2D eigenvalue weighted by Crippen LogP contribution is 2.42. The van der Waals surface area contributed by atoms with E-state index >= 15 is 0 Å². The molecule has 3 atom stereocenters. The number of alkyl halides is 1. The largest absolute Gasteiger partial charge is 0.493 e. The normalized spacial score (nSPS) is 18.6. The molecule has 2 rings (SSSR count). The number of benzene rings is 1. The number of cyclic esters (lactones) is 1. The van der Waals surface area contributed by atoms with Crippen LogP contribution in [0.15, 0.2) is 12.1 Å². The first kappa shape index (κ1) is 22.5. The Morgan fingerprint density at radius 2 is 1.71 bits per heavy atom. The van der Waals surface area contributed by atoms with Crippen molar-refractivity contribution in [3.05, 3.63) is 17.7 Å². The Hall–Kier alpha value is -1.75. The first-order valence-corrected chi connectivity index (χ1v) is 10.0. The van der Waals surface area contributed by atoms with Crippen LogP contribution < -0.4 is 14.2 Å². The molecule has 2 amide bonds. The number of hydrogen-bond acceptors (Lipinski definition) is 7. The summed E-state index contributed by atoms with van der Waals surface area (Å²) >= 11 is 1.99. The van der Waals surface area contributed by atoms with Crippen LogP contribution in [0, 0.1) is 5.92 Å². The lowest BCUT2D eigenvalue weighted by molar-refractivity contribution is -0.131. The first-order chi connectivity index (χ1) is 13.3. The summed E-state index contributed by atoms with van der Waals surface area (Å²) in [6.07, 6.45) is -1.26. The van der Waals surface area contributed by atoms with Gasteiger partial charge in [0.15, 0.2) is 11.5 Å². The molecule has 1 aliphatic rings. The summed E-state index contributed by atoms with van der Waals surface area (Å²) in [5, 5.41) is 0. The molecule has 0 N–H and O–H groups in total. The van der Waals surface area contributed by atoms with Crippen LogP contribution in [0.25, 0.3) is 0 Å². The van der Waals surface area contributed by atoms with Crippen molar-refractivity contribution in [3.8, 4) is 17.2 Å². The fourth-order valence-corrected chi connectivity index (χ4v) is 4.14. The van der Waals surface area contributed by atoms with Gasteiger partial charge >= 0.3 is 6.09 Å². The highest BCUT2D eigenvalue weighted by molar-refractivity contribution is 14.1. The number of methoxy groups -OCH3 is 4. The number of amides is 2. The zero-order chi connectivity index (χ0) is 21.0. The highest BCUT2D eigenvalue weighted by atomic mass is 127. The molecule has 1 saturated heterocycles. The molecule has 8 nitrogen and oxygen atoms in total. The van der Waals surface area contributed by atoms with Gasteiger partial charge in [0.05, 0.1) is 27.4 Å². The molecular formula is C19H26INO7. The minimum Gasteiger partial charge on any atom is -0.493 e. The fourth-order valence-electron chi connectivity index (χ4n) is 3.13. The molecule has 0 unspecified atom stereocenters. The van der Waals surface area contributed by atoms with Crippen molar-refractivity contribution in [1.29, 1.82) is 0 Å². The molecule has 0 saturated carbocycles. The molecule has 0 bridgehead atoms. The summed E-state index contributed by atoms with van der Waals surface area (Å²) in [5.74, 6) is 1.08. The summed E-state index contributed by atoms with van der Waals surface area (Å²) in [5.41, 5.74) is 0.665. The average Bonchev–Trinajstić information content (AvgIpc) is 3.08. The fraction of sp³-hybridized carbons (Fsp3) is 0.579. The van der Waals surface area contributed by atoms with E-state index in [-0.39, 0.29) is 24.5 Å². The Bertz CT molecular complexity index is 699. The van der Waals surface area contributed by atoms with Crippen molar-refractivity contribution in [2.24, 2.45) is 5.92 Å². The summed E-state index contributed by atoms with van der Waals surface area (Å²) in [4.78, 5) is 26.5. The second-order valence-electron chi connectivity index (χ2n) is 6.61. The van der Waals surface area contributed by atoms with Crippen LogP contribution in [0.4, 0.5) is 4.79 Å².